The monoisotopic (exact) mass is 593 g/mol. The van der Waals surface area contributed by atoms with Crippen LogP contribution in [0.4, 0.5) is 0 Å². The van der Waals surface area contributed by atoms with Crippen LogP contribution in [0.25, 0.3) is 0 Å². The van der Waals surface area contributed by atoms with Crippen molar-refractivity contribution in [2.75, 3.05) is 13.1 Å². The average Bonchev–Trinajstić information content (AvgIpc) is 3.76. The van der Waals surface area contributed by atoms with E-state index in [4.69, 9.17) is 4.98 Å². The molecule has 2 saturated heterocycles. The van der Waals surface area contributed by atoms with Crippen molar-refractivity contribution in [3.8, 4) is 0 Å². The predicted octanol–water partition coefficient (Wildman–Crippen LogP) is 7.78. The summed E-state index contributed by atoms with van der Waals surface area (Å²) >= 11 is 0. The molecule has 0 radical (unpaired) electrons. The van der Waals surface area contributed by atoms with Gasteiger partial charge in [-0.05, 0) is 73.2 Å². The van der Waals surface area contributed by atoms with Crippen LogP contribution in [0.1, 0.15) is 65.2 Å². The van der Waals surface area contributed by atoms with E-state index in [-0.39, 0.29) is 6.04 Å². The Balaban J connectivity index is 1.12. The van der Waals surface area contributed by atoms with Gasteiger partial charge in [0.25, 0.3) is 0 Å². The molecule has 7 rings (SSSR count). The van der Waals surface area contributed by atoms with Gasteiger partial charge in [-0.15, -0.1) is 0 Å². The summed E-state index contributed by atoms with van der Waals surface area (Å²) in [5, 5.41) is 12.5. The summed E-state index contributed by atoms with van der Waals surface area (Å²) in [5.41, 5.74) is 5.75. The van der Waals surface area contributed by atoms with E-state index in [1.54, 1.807) is 0 Å². The quantitative estimate of drug-likeness (QED) is 0.180. The molecule has 0 spiro atoms. The number of likely N-dealkylation sites (tertiary alicyclic amines) is 2. The van der Waals surface area contributed by atoms with Crippen LogP contribution in [-0.2, 0) is 18.7 Å². The number of nitrogens with zero attached hydrogens (tertiary/aromatic N) is 3. The first-order valence-corrected chi connectivity index (χ1v) is 16.6. The lowest BCUT2D eigenvalue weighted by Gasteiger charge is -2.40. The summed E-state index contributed by atoms with van der Waals surface area (Å²) in [5.74, 6) is 0.331. The highest BCUT2D eigenvalue weighted by Gasteiger charge is 2.45. The van der Waals surface area contributed by atoms with E-state index in [9.17, 15) is 5.11 Å². The van der Waals surface area contributed by atoms with Crippen molar-refractivity contribution >= 4 is 0 Å². The molecule has 0 saturated carbocycles. The van der Waals surface area contributed by atoms with Crippen LogP contribution in [0.2, 0.25) is 0 Å². The standard InChI is InChI=1S/C41H43N3O/c45-41(34-20-9-3-10-21-34,35-22-11-4-12-23-35)39-27-15-29-44(39)31-37-25-13-24-36(42-37)30-43-28-14-26-38(43)40(32-16-5-1-6-17-32)33-18-7-2-8-19-33/h1-13,16-25,38-40,45H,14-15,26-31H2/t38-,39-/m0/s1. The number of hydrogen-bond donors (Lipinski definition) is 1. The van der Waals surface area contributed by atoms with Crippen LogP contribution in [0.3, 0.4) is 0 Å². The van der Waals surface area contributed by atoms with E-state index < -0.39 is 5.60 Å². The number of pyridine rings is 1. The van der Waals surface area contributed by atoms with Crippen LogP contribution < -0.4 is 0 Å². The highest BCUT2D eigenvalue weighted by molar-refractivity contribution is 5.39. The third-order valence-electron chi connectivity index (χ3n) is 9.98. The Labute approximate surface area is 268 Å². The summed E-state index contributed by atoms with van der Waals surface area (Å²) in [7, 11) is 0. The van der Waals surface area contributed by atoms with Crippen molar-refractivity contribution < 1.29 is 5.11 Å². The summed E-state index contributed by atoms with van der Waals surface area (Å²) in [6.45, 7) is 3.60. The van der Waals surface area contributed by atoms with Gasteiger partial charge < -0.3 is 5.11 Å². The van der Waals surface area contributed by atoms with Crippen LogP contribution >= 0.6 is 0 Å². The number of hydrogen-bond acceptors (Lipinski definition) is 4. The maximum Gasteiger partial charge on any atom is 0.130 e. The molecule has 0 unspecified atom stereocenters. The second-order valence-electron chi connectivity index (χ2n) is 12.7. The first kappa shape index (κ1) is 29.6. The van der Waals surface area contributed by atoms with E-state index in [1.165, 1.54) is 24.0 Å². The first-order valence-electron chi connectivity index (χ1n) is 16.6. The Morgan fingerprint density at radius 2 is 1.04 bits per heavy atom. The van der Waals surface area contributed by atoms with Crippen LogP contribution in [0, 0.1) is 0 Å². The zero-order valence-electron chi connectivity index (χ0n) is 26.0. The minimum Gasteiger partial charge on any atom is -0.379 e. The highest BCUT2D eigenvalue weighted by Crippen LogP contribution is 2.41. The van der Waals surface area contributed by atoms with Crippen molar-refractivity contribution in [1.29, 1.82) is 0 Å². The molecule has 2 atom stereocenters. The second kappa shape index (κ2) is 13.5. The van der Waals surface area contributed by atoms with E-state index in [1.807, 2.05) is 36.4 Å². The van der Waals surface area contributed by atoms with Gasteiger partial charge in [-0.2, -0.15) is 0 Å². The summed E-state index contributed by atoms with van der Waals surface area (Å²) in [4.78, 5) is 10.3. The molecular formula is C41H43N3O. The van der Waals surface area contributed by atoms with Gasteiger partial charge in [-0.1, -0.05) is 127 Å². The van der Waals surface area contributed by atoms with Crippen molar-refractivity contribution in [1.82, 2.24) is 14.8 Å². The van der Waals surface area contributed by atoms with E-state index >= 15 is 0 Å². The second-order valence-corrected chi connectivity index (χ2v) is 12.7. The fraction of sp³-hybridized carbons (Fsp3) is 0.293. The molecule has 4 heteroatoms. The molecule has 2 aliphatic rings. The zero-order valence-corrected chi connectivity index (χ0v) is 26.0. The van der Waals surface area contributed by atoms with Crippen molar-refractivity contribution in [3.63, 3.8) is 0 Å². The molecule has 0 amide bonds. The fourth-order valence-electron chi connectivity index (χ4n) is 7.93. The maximum atomic E-state index is 12.5. The van der Waals surface area contributed by atoms with Crippen molar-refractivity contribution in [2.45, 2.75) is 62.4 Å². The molecule has 4 nitrogen and oxygen atoms in total. The van der Waals surface area contributed by atoms with Crippen LogP contribution in [0.15, 0.2) is 140 Å². The fourth-order valence-corrected chi connectivity index (χ4v) is 7.93. The Hall–Kier alpha value is -4.09. The third kappa shape index (κ3) is 6.24. The van der Waals surface area contributed by atoms with Gasteiger partial charge in [0.1, 0.15) is 5.60 Å². The van der Waals surface area contributed by atoms with E-state index in [2.05, 4.69) is 113 Å². The van der Waals surface area contributed by atoms with E-state index in [0.29, 0.717) is 12.0 Å². The Morgan fingerprint density at radius 3 is 1.60 bits per heavy atom. The molecule has 0 aliphatic carbocycles. The third-order valence-corrected chi connectivity index (χ3v) is 9.98. The number of benzene rings is 4. The van der Waals surface area contributed by atoms with Gasteiger partial charge in [0.05, 0.1) is 11.4 Å². The summed E-state index contributed by atoms with van der Waals surface area (Å²) < 4.78 is 0. The minimum absolute atomic E-state index is 0.0341. The molecule has 228 valence electrons. The van der Waals surface area contributed by atoms with Gasteiger partial charge in [0, 0.05) is 31.1 Å². The molecule has 5 aromatic rings. The zero-order chi connectivity index (χ0) is 30.5. The topological polar surface area (TPSA) is 39.6 Å². The first-order chi connectivity index (χ1) is 22.2. The lowest BCUT2D eigenvalue weighted by molar-refractivity contribution is -0.00691. The van der Waals surface area contributed by atoms with Crippen LogP contribution in [0.5, 0.6) is 0 Å². The molecular weight excluding hydrogens is 550 g/mol. The molecule has 1 N–H and O–H groups in total. The molecule has 1 aromatic heterocycles. The molecule has 45 heavy (non-hydrogen) atoms. The molecule has 3 heterocycles. The average molecular weight is 594 g/mol. The lowest BCUT2D eigenvalue weighted by Crippen LogP contribution is -2.48. The molecule has 2 fully saturated rings. The number of aromatic nitrogens is 1. The van der Waals surface area contributed by atoms with E-state index in [0.717, 1.165) is 61.5 Å². The smallest absolute Gasteiger partial charge is 0.130 e. The maximum absolute atomic E-state index is 12.5. The largest absolute Gasteiger partial charge is 0.379 e. The van der Waals surface area contributed by atoms with Gasteiger partial charge >= 0.3 is 0 Å². The molecule has 2 aliphatic heterocycles. The number of aliphatic hydroxyl groups is 1. The SMILES string of the molecule is OC(c1ccccc1)(c1ccccc1)[C@@H]1CCCN1Cc1cccc(CN2CCC[C@H]2C(c2ccccc2)c2ccccc2)n1. The van der Waals surface area contributed by atoms with Crippen LogP contribution in [-0.4, -0.2) is 45.1 Å². The lowest BCUT2D eigenvalue weighted by atomic mass is 9.79. The van der Waals surface area contributed by atoms with Gasteiger partial charge in [-0.3, -0.25) is 14.8 Å². The Kier molecular flexibility index (Phi) is 8.88. The van der Waals surface area contributed by atoms with Crippen molar-refractivity contribution in [2.24, 2.45) is 0 Å². The number of rotatable bonds is 10. The summed E-state index contributed by atoms with van der Waals surface area (Å²) in [6.07, 6.45) is 4.38. The molecule has 0 bridgehead atoms. The van der Waals surface area contributed by atoms with Gasteiger partial charge in [-0.25, -0.2) is 0 Å². The van der Waals surface area contributed by atoms with Gasteiger partial charge in [0.2, 0.25) is 0 Å². The normalized spacial score (nSPS) is 19.3. The van der Waals surface area contributed by atoms with Gasteiger partial charge in [0.15, 0.2) is 0 Å². The minimum atomic E-state index is -1.09. The summed E-state index contributed by atoms with van der Waals surface area (Å²) in [6, 6.07) is 49.3. The predicted molar refractivity (Wildman–Crippen MR) is 182 cm³/mol. The highest BCUT2D eigenvalue weighted by atomic mass is 16.3. The van der Waals surface area contributed by atoms with Crippen molar-refractivity contribution in [3.05, 3.63) is 173 Å². The molecule has 4 aromatic carbocycles. The Morgan fingerprint density at radius 1 is 0.578 bits per heavy atom. The Bertz CT molecular complexity index is 1570.